The zero-order valence-electron chi connectivity index (χ0n) is 17.2. The Bertz CT molecular complexity index is 834. The van der Waals surface area contributed by atoms with Gasteiger partial charge in [-0.2, -0.15) is 0 Å². The van der Waals surface area contributed by atoms with Crippen LogP contribution in [-0.2, 0) is 19.3 Å². The average molecular weight is 372 g/mol. The molecule has 3 aromatic carbocycles. The molecule has 0 aliphatic heterocycles. The molecule has 0 atom stereocenters. The normalized spacial score (nSPS) is 10.9. The van der Waals surface area contributed by atoms with Crippen molar-refractivity contribution < 1.29 is 0 Å². The Morgan fingerprint density at radius 1 is 0.607 bits per heavy atom. The number of hydrogen-bond donors (Lipinski definition) is 1. The molecular formula is C27H33N. The molecule has 0 aliphatic rings. The molecule has 0 heterocycles. The Hall–Kier alpha value is -2.54. The number of unbranched alkanes of at least 4 members (excludes halogenated alkanes) is 4. The molecular weight excluding hydrogens is 338 g/mol. The minimum absolute atomic E-state index is 0.828. The van der Waals surface area contributed by atoms with Gasteiger partial charge in [0.2, 0.25) is 0 Å². The molecule has 0 unspecified atom stereocenters. The van der Waals surface area contributed by atoms with E-state index in [0.717, 1.165) is 18.5 Å². The molecule has 1 heteroatoms. The van der Waals surface area contributed by atoms with Crippen molar-refractivity contribution >= 4 is 5.69 Å². The lowest BCUT2D eigenvalue weighted by molar-refractivity contribution is 0.631. The molecule has 0 aromatic heterocycles. The van der Waals surface area contributed by atoms with Crippen molar-refractivity contribution in [1.29, 1.82) is 0 Å². The second-order valence-electron chi connectivity index (χ2n) is 7.85. The number of rotatable bonds is 10. The van der Waals surface area contributed by atoms with Gasteiger partial charge in [-0.25, -0.2) is 0 Å². The van der Waals surface area contributed by atoms with Crippen molar-refractivity contribution in [3.63, 3.8) is 0 Å². The Balaban J connectivity index is 1.74. The van der Waals surface area contributed by atoms with Crippen molar-refractivity contribution in [2.24, 2.45) is 0 Å². The SMILES string of the molecule is CCCCCCCc1cc(Cc2ccc(N)cc2)ccc1Cc1ccccc1. The van der Waals surface area contributed by atoms with Gasteiger partial charge in [-0.05, 0) is 65.6 Å². The number of benzene rings is 3. The van der Waals surface area contributed by atoms with Crippen LogP contribution in [-0.4, -0.2) is 0 Å². The van der Waals surface area contributed by atoms with Gasteiger partial charge in [-0.3, -0.25) is 0 Å². The van der Waals surface area contributed by atoms with Gasteiger partial charge < -0.3 is 5.73 Å². The summed E-state index contributed by atoms with van der Waals surface area (Å²) >= 11 is 0. The molecule has 0 saturated carbocycles. The third-order valence-corrected chi connectivity index (χ3v) is 5.45. The van der Waals surface area contributed by atoms with E-state index in [2.05, 4.69) is 67.6 Å². The quantitative estimate of drug-likeness (QED) is 0.302. The van der Waals surface area contributed by atoms with Gasteiger partial charge in [0.05, 0.1) is 0 Å². The second kappa shape index (κ2) is 10.7. The zero-order chi connectivity index (χ0) is 19.6. The largest absolute Gasteiger partial charge is 0.399 e. The number of nitrogens with two attached hydrogens (primary N) is 1. The van der Waals surface area contributed by atoms with E-state index in [9.17, 15) is 0 Å². The Morgan fingerprint density at radius 3 is 2.04 bits per heavy atom. The molecule has 1 nitrogen and oxygen atoms in total. The van der Waals surface area contributed by atoms with E-state index in [1.165, 1.54) is 66.3 Å². The molecule has 0 amide bonds. The highest BCUT2D eigenvalue weighted by molar-refractivity contribution is 5.42. The van der Waals surface area contributed by atoms with Crippen molar-refractivity contribution in [3.8, 4) is 0 Å². The molecule has 3 aromatic rings. The van der Waals surface area contributed by atoms with Crippen LogP contribution in [0.15, 0.2) is 72.8 Å². The maximum atomic E-state index is 5.83. The van der Waals surface area contributed by atoms with E-state index in [-0.39, 0.29) is 0 Å². The van der Waals surface area contributed by atoms with E-state index < -0.39 is 0 Å². The first kappa shape index (κ1) is 20.2. The first-order valence-corrected chi connectivity index (χ1v) is 10.7. The monoisotopic (exact) mass is 371 g/mol. The van der Waals surface area contributed by atoms with Gasteiger partial charge in [-0.1, -0.05) is 93.3 Å². The standard InChI is InChI=1S/C27H33N/c1-2-3-4-5-9-12-25-21-24(19-23-14-17-27(28)18-15-23)13-16-26(25)20-22-10-7-6-8-11-22/h6-8,10-11,13-18,21H,2-5,9,12,19-20,28H2,1H3. The van der Waals surface area contributed by atoms with Gasteiger partial charge in [0.25, 0.3) is 0 Å². The molecule has 2 N–H and O–H groups in total. The van der Waals surface area contributed by atoms with Crippen LogP contribution in [0.4, 0.5) is 5.69 Å². The third-order valence-electron chi connectivity index (χ3n) is 5.45. The molecule has 0 radical (unpaired) electrons. The predicted molar refractivity (Wildman–Crippen MR) is 122 cm³/mol. The number of nitrogen functional groups attached to an aromatic ring is 1. The van der Waals surface area contributed by atoms with Crippen LogP contribution in [0, 0.1) is 0 Å². The maximum absolute atomic E-state index is 5.83. The van der Waals surface area contributed by atoms with E-state index in [4.69, 9.17) is 5.73 Å². The molecule has 0 fully saturated rings. The molecule has 0 saturated heterocycles. The third kappa shape index (κ3) is 6.27. The summed E-state index contributed by atoms with van der Waals surface area (Å²) < 4.78 is 0. The molecule has 0 spiro atoms. The lowest BCUT2D eigenvalue weighted by Crippen LogP contribution is -1.99. The van der Waals surface area contributed by atoms with Crippen LogP contribution in [0.1, 0.15) is 66.8 Å². The fourth-order valence-electron chi connectivity index (χ4n) is 3.80. The van der Waals surface area contributed by atoms with Crippen molar-refractivity contribution in [3.05, 3.63) is 101 Å². The van der Waals surface area contributed by atoms with Gasteiger partial charge in [0.15, 0.2) is 0 Å². The highest BCUT2D eigenvalue weighted by atomic mass is 14.5. The first-order chi connectivity index (χ1) is 13.7. The summed E-state index contributed by atoms with van der Waals surface area (Å²) in [6.45, 7) is 2.28. The minimum Gasteiger partial charge on any atom is -0.399 e. The summed E-state index contributed by atoms with van der Waals surface area (Å²) in [5.41, 5.74) is 13.8. The lowest BCUT2D eigenvalue weighted by atomic mass is 9.92. The zero-order valence-corrected chi connectivity index (χ0v) is 17.2. The number of anilines is 1. The predicted octanol–water partition coefficient (Wildman–Crippen LogP) is 6.96. The van der Waals surface area contributed by atoms with Crippen LogP contribution < -0.4 is 5.73 Å². The van der Waals surface area contributed by atoms with Crippen LogP contribution in [0.3, 0.4) is 0 Å². The lowest BCUT2D eigenvalue weighted by Gasteiger charge is -2.13. The number of aryl methyl sites for hydroxylation is 1. The summed E-state index contributed by atoms with van der Waals surface area (Å²) in [5.74, 6) is 0. The smallest absolute Gasteiger partial charge is 0.0314 e. The van der Waals surface area contributed by atoms with Crippen LogP contribution in [0.5, 0.6) is 0 Å². The molecule has 0 bridgehead atoms. The van der Waals surface area contributed by atoms with E-state index in [1.807, 2.05) is 12.1 Å². The summed E-state index contributed by atoms with van der Waals surface area (Å²) in [4.78, 5) is 0. The highest BCUT2D eigenvalue weighted by Gasteiger charge is 2.07. The average Bonchev–Trinajstić information content (AvgIpc) is 2.72. The van der Waals surface area contributed by atoms with Gasteiger partial charge in [0, 0.05) is 5.69 Å². The van der Waals surface area contributed by atoms with Crippen LogP contribution in [0.25, 0.3) is 0 Å². The van der Waals surface area contributed by atoms with Gasteiger partial charge in [0.1, 0.15) is 0 Å². The van der Waals surface area contributed by atoms with E-state index >= 15 is 0 Å². The topological polar surface area (TPSA) is 26.0 Å². The van der Waals surface area contributed by atoms with E-state index in [0.29, 0.717) is 0 Å². The van der Waals surface area contributed by atoms with Crippen LogP contribution >= 0.6 is 0 Å². The summed E-state index contributed by atoms with van der Waals surface area (Å²) in [5, 5.41) is 0. The van der Waals surface area contributed by atoms with Crippen LogP contribution in [0.2, 0.25) is 0 Å². The summed E-state index contributed by atoms with van der Waals surface area (Å²) in [7, 11) is 0. The molecule has 3 rings (SSSR count). The van der Waals surface area contributed by atoms with Gasteiger partial charge >= 0.3 is 0 Å². The minimum atomic E-state index is 0.828. The number of hydrogen-bond acceptors (Lipinski definition) is 1. The van der Waals surface area contributed by atoms with Crippen molar-refractivity contribution in [2.45, 2.75) is 58.3 Å². The Labute approximate surface area is 170 Å². The van der Waals surface area contributed by atoms with Crippen molar-refractivity contribution in [2.75, 3.05) is 5.73 Å². The second-order valence-corrected chi connectivity index (χ2v) is 7.85. The maximum Gasteiger partial charge on any atom is 0.0314 e. The van der Waals surface area contributed by atoms with E-state index in [1.54, 1.807) is 0 Å². The Morgan fingerprint density at radius 2 is 1.29 bits per heavy atom. The molecule has 28 heavy (non-hydrogen) atoms. The van der Waals surface area contributed by atoms with Gasteiger partial charge in [-0.15, -0.1) is 0 Å². The molecule has 146 valence electrons. The fraction of sp³-hybridized carbons (Fsp3) is 0.333. The fourth-order valence-corrected chi connectivity index (χ4v) is 3.80. The molecule has 0 aliphatic carbocycles. The summed E-state index contributed by atoms with van der Waals surface area (Å²) in [6.07, 6.45) is 9.80. The highest BCUT2D eigenvalue weighted by Crippen LogP contribution is 2.21. The Kier molecular flexibility index (Phi) is 7.72. The van der Waals surface area contributed by atoms with Crippen molar-refractivity contribution in [1.82, 2.24) is 0 Å². The first-order valence-electron chi connectivity index (χ1n) is 10.7. The summed E-state index contributed by atoms with van der Waals surface area (Å²) in [6, 6.07) is 26.2.